The number of terminal acetylenes is 1. The number of alkyl halides is 1. The first-order chi connectivity index (χ1) is 21.1. The molecule has 0 heterocycles. The Bertz CT molecular complexity index is 702. The quantitative estimate of drug-likeness (QED) is 0.238. The van der Waals surface area contributed by atoms with Crippen molar-refractivity contribution in [2.45, 2.75) is 272 Å². The second-order valence-corrected chi connectivity index (χ2v) is 23.0. The summed E-state index contributed by atoms with van der Waals surface area (Å²) in [5.41, 5.74) is 2.79. The maximum absolute atomic E-state index is 12.2. The lowest BCUT2D eigenvalue weighted by Crippen LogP contribution is -2.18. The van der Waals surface area contributed by atoms with E-state index in [0.717, 1.165) is 30.6 Å². The van der Waals surface area contributed by atoms with Crippen molar-refractivity contribution in [1.82, 2.24) is 0 Å². The Morgan fingerprint density at radius 1 is 0.519 bits per heavy atom. The van der Waals surface area contributed by atoms with Crippen molar-refractivity contribution >= 4 is 0 Å². The third-order valence-corrected chi connectivity index (χ3v) is 7.66. The molecule has 0 aliphatic heterocycles. The Hall–Kier alpha value is -0.510. The highest BCUT2D eigenvalue weighted by molar-refractivity contribution is 4.85. The van der Waals surface area contributed by atoms with Gasteiger partial charge in [0.15, 0.2) is 0 Å². The summed E-state index contributed by atoms with van der Waals surface area (Å²) in [5, 5.41) is 0. The molecule has 1 unspecified atom stereocenters. The standard InChI is InChI=1S/C9H18.C8H16.C8H18.C8H14.C7H15F.C7H16.4CH4/c1-9(2,3)7-8-5-4-6-8;1-8(2,3)6-7-4-5-7;1-7(2)6-8(3,4)5;1-5-6-7-8(2,3)4;1-6(8)5-7(2,3)4;1-5-6-7(2,3)4;;;;/h8H,4-7H2,1-3H3;7H,4-6H2,1-3H3;7H,6H2,1-5H3;1H,6-7H2,2-4H3;6H,5H2,1-4H3;5-6H2,1-4H3;4*1H4. The van der Waals surface area contributed by atoms with Gasteiger partial charge in [0.1, 0.15) is 0 Å². The average molecular weight is 745 g/mol. The zero-order valence-corrected chi connectivity index (χ0v) is 38.0. The van der Waals surface area contributed by atoms with Crippen molar-refractivity contribution in [3.8, 4) is 12.3 Å². The minimum Gasteiger partial charge on any atom is -0.248 e. The minimum absolute atomic E-state index is 0. The van der Waals surface area contributed by atoms with Crippen LogP contribution in [0.5, 0.6) is 0 Å². The van der Waals surface area contributed by atoms with Gasteiger partial charge in [-0.1, -0.05) is 214 Å². The van der Waals surface area contributed by atoms with Gasteiger partial charge in [0, 0.05) is 6.42 Å². The summed E-state index contributed by atoms with van der Waals surface area (Å²) in [6, 6.07) is 0. The molecule has 0 aromatic rings. The molecule has 2 saturated carbocycles. The molecule has 1 atom stereocenters. The summed E-state index contributed by atoms with van der Waals surface area (Å²) in [5.74, 6) is 5.63. The third kappa shape index (κ3) is 82.8. The molecule has 2 rings (SSSR count). The van der Waals surface area contributed by atoms with Gasteiger partial charge in [0.05, 0.1) is 6.17 Å². The topological polar surface area (TPSA) is 0 Å². The van der Waals surface area contributed by atoms with Gasteiger partial charge in [-0.15, -0.1) is 12.3 Å². The molecule has 324 valence electrons. The SMILES string of the molecule is C.C.C.C.C#CCCC(C)(C)C.CC(C)(C)CC1CC1.CC(C)(C)CC1CCC1.CC(C)CC(C)(C)C.CC(F)CC(C)(C)C.CCCC(C)(C)C. The lowest BCUT2D eigenvalue weighted by Gasteiger charge is -2.31. The van der Waals surface area contributed by atoms with Gasteiger partial charge in [-0.05, 0) is 95.7 Å². The molecule has 2 fully saturated rings. The first kappa shape index (κ1) is 69.4. The molecular formula is C51H113F. The van der Waals surface area contributed by atoms with Crippen LogP contribution in [-0.4, -0.2) is 6.17 Å². The van der Waals surface area contributed by atoms with E-state index in [1.54, 1.807) is 6.92 Å². The highest BCUT2D eigenvalue weighted by Crippen LogP contribution is 2.39. The first-order valence-electron chi connectivity index (χ1n) is 20.2. The average Bonchev–Trinajstić information content (AvgIpc) is 3.54. The Balaban J connectivity index is -0.0000000735. The molecule has 0 N–H and O–H groups in total. The predicted molar refractivity (Wildman–Crippen MR) is 251 cm³/mol. The fourth-order valence-electron chi connectivity index (χ4n) is 6.02. The van der Waals surface area contributed by atoms with Crippen LogP contribution in [0.25, 0.3) is 0 Å². The largest absolute Gasteiger partial charge is 0.248 e. The van der Waals surface area contributed by atoms with Crippen LogP contribution in [0, 0.1) is 62.6 Å². The summed E-state index contributed by atoms with van der Waals surface area (Å²) in [6.07, 6.45) is 21.4. The third-order valence-electron chi connectivity index (χ3n) is 7.66. The fourth-order valence-corrected chi connectivity index (χ4v) is 6.02. The Morgan fingerprint density at radius 2 is 0.846 bits per heavy atom. The molecule has 2 aliphatic carbocycles. The molecule has 2 aliphatic rings. The van der Waals surface area contributed by atoms with Crippen molar-refractivity contribution in [1.29, 1.82) is 0 Å². The number of hydrogen-bond acceptors (Lipinski definition) is 0. The fraction of sp³-hybridized carbons (Fsp3) is 0.961. The van der Waals surface area contributed by atoms with Gasteiger partial charge >= 0.3 is 0 Å². The Labute approximate surface area is 337 Å². The Morgan fingerprint density at radius 3 is 0.885 bits per heavy atom. The van der Waals surface area contributed by atoms with Crippen LogP contribution in [0.15, 0.2) is 0 Å². The molecule has 0 nitrogen and oxygen atoms in total. The zero-order chi connectivity index (χ0) is 39.2. The van der Waals surface area contributed by atoms with Crippen molar-refractivity contribution in [2.75, 3.05) is 0 Å². The van der Waals surface area contributed by atoms with Gasteiger partial charge in [0.25, 0.3) is 0 Å². The van der Waals surface area contributed by atoms with E-state index in [1.807, 2.05) is 20.8 Å². The van der Waals surface area contributed by atoms with Crippen LogP contribution >= 0.6 is 0 Å². The van der Waals surface area contributed by atoms with Gasteiger partial charge in [-0.3, -0.25) is 0 Å². The van der Waals surface area contributed by atoms with Crippen molar-refractivity contribution < 1.29 is 4.39 Å². The van der Waals surface area contributed by atoms with Crippen LogP contribution in [0.1, 0.15) is 265 Å². The molecule has 1 heteroatoms. The summed E-state index contributed by atoms with van der Waals surface area (Å²) in [4.78, 5) is 0. The molecule has 0 aromatic carbocycles. The summed E-state index contributed by atoms with van der Waals surface area (Å²) in [7, 11) is 0. The second-order valence-electron chi connectivity index (χ2n) is 23.0. The van der Waals surface area contributed by atoms with Gasteiger partial charge < -0.3 is 0 Å². The molecular weight excluding hydrogens is 632 g/mol. The van der Waals surface area contributed by atoms with E-state index in [9.17, 15) is 4.39 Å². The lowest BCUT2D eigenvalue weighted by molar-refractivity contribution is 0.207. The van der Waals surface area contributed by atoms with Crippen LogP contribution in [0.3, 0.4) is 0 Å². The molecule has 0 amide bonds. The van der Waals surface area contributed by atoms with E-state index in [-0.39, 0.29) is 35.1 Å². The van der Waals surface area contributed by atoms with Gasteiger partial charge in [-0.25, -0.2) is 4.39 Å². The van der Waals surface area contributed by atoms with Gasteiger partial charge in [0.2, 0.25) is 0 Å². The Kier molecular flexibility index (Phi) is 43.6. The summed E-state index contributed by atoms with van der Waals surface area (Å²) in [6.45, 7) is 48.8. The van der Waals surface area contributed by atoms with E-state index in [1.165, 1.54) is 64.2 Å². The van der Waals surface area contributed by atoms with Crippen molar-refractivity contribution in [3.05, 3.63) is 0 Å². The van der Waals surface area contributed by atoms with E-state index >= 15 is 0 Å². The molecule has 0 radical (unpaired) electrons. The van der Waals surface area contributed by atoms with E-state index in [2.05, 4.69) is 131 Å². The van der Waals surface area contributed by atoms with Crippen molar-refractivity contribution in [3.63, 3.8) is 0 Å². The molecule has 0 saturated heterocycles. The molecule has 0 bridgehead atoms. The van der Waals surface area contributed by atoms with Crippen LogP contribution in [0.2, 0.25) is 0 Å². The summed E-state index contributed by atoms with van der Waals surface area (Å²) >= 11 is 0. The second kappa shape index (κ2) is 32.7. The molecule has 0 spiro atoms. The van der Waals surface area contributed by atoms with Crippen LogP contribution in [-0.2, 0) is 0 Å². The summed E-state index contributed by atoms with van der Waals surface area (Å²) < 4.78 is 12.2. The van der Waals surface area contributed by atoms with Crippen LogP contribution < -0.4 is 0 Å². The monoisotopic (exact) mass is 745 g/mol. The normalized spacial score (nSPS) is 14.8. The maximum atomic E-state index is 12.2. The number of rotatable bonds is 6. The number of hydrogen-bond donors (Lipinski definition) is 0. The van der Waals surface area contributed by atoms with Gasteiger partial charge in [-0.2, -0.15) is 0 Å². The number of halogens is 1. The van der Waals surface area contributed by atoms with E-state index in [0.29, 0.717) is 33.5 Å². The van der Waals surface area contributed by atoms with Crippen molar-refractivity contribution in [2.24, 2.45) is 50.2 Å². The van der Waals surface area contributed by atoms with E-state index in [4.69, 9.17) is 6.42 Å². The van der Waals surface area contributed by atoms with E-state index < -0.39 is 6.17 Å². The predicted octanol–water partition coefficient (Wildman–Crippen LogP) is 19.7. The highest BCUT2D eigenvalue weighted by Gasteiger charge is 2.26. The lowest BCUT2D eigenvalue weighted by atomic mass is 9.74. The minimum atomic E-state index is -0.657. The molecule has 0 aromatic heterocycles. The maximum Gasteiger partial charge on any atom is 0.0978 e. The smallest absolute Gasteiger partial charge is 0.0978 e. The highest BCUT2D eigenvalue weighted by atomic mass is 19.1. The zero-order valence-electron chi connectivity index (χ0n) is 38.0. The first-order valence-corrected chi connectivity index (χ1v) is 20.2. The van der Waals surface area contributed by atoms with Crippen LogP contribution in [0.4, 0.5) is 4.39 Å². The molecule has 52 heavy (non-hydrogen) atoms.